The van der Waals surface area contributed by atoms with Crippen LogP contribution in [0.5, 0.6) is 0 Å². The third-order valence-electron chi connectivity index (χ3n) is 15.8. The first kappa shape index (κ1) is 56.1. The van der Waals surface area contributed by atoms with E-state index >= 15 is 0 Å². The van der Waals surface area contributed by atoms with E-state index in [0.717, 1.165) is 98.6 Å². The summed E-state index contributed by atoms with van der Waals surface area (Å²) in [5.74, 6) is 0.686. The van der Waals surface area contributed by atoms with Crippen LogP contribution in [-0.4, -0.2) is 183 Å². The van der Waals surface area contributed by atoms with Gasteiger partial charge in [0.1, 0.15) is 28.9 Å². The number of amides is 5. The maximum atomic E-state index is 14.7. The van der Waals surface area contributed by atoms with Crippen molar-refractivity contribution in [3.05, 3.63) is 101 Å². The Hall–Kier alpha value is -6.67. The zero-order chi connectivity index (χ0) is 55.0. The van der Waals surface area contributed by atoms with Crippen LogP contribution in [0.25, 0.3) is 22.2 Å². The standard InChI is InChI=1S/C58H76ClN13O6/c1-6-41-8-7-9-44(34-41)45-35-49(64-40(2)73)51(61-36-45)54(75)72-22-15-42(16-23-72)37-68-26-28-69(29-27-68)38-50(74)70-32-30-67(31-33-70)21-17-48(43-10-12-46(59)13-11-43)65-55(76)58(66-56(77)78-57(3,4)5)18-24-71(25-19-58)53-47-14-20-60-52(47)62-39-63-53/h7-14,20,34-36,39,42,48H,6,15-19,21-33,37-38H2,1-5H3,(H,64,73)(H,65,76)(H,66,77)(H,60,62,63)/t48-/m0/s1. The maximum Gasteiger partial charge on any atom is 0.408 e. The number of likely N-dealkylation sites (tertiary alicyclic amines) is 1. The van der Waals surface area contributed by atoms with E-state index in [9.17, 15) is 24.0 Å². The van der Waals surface area contributed by atoms with Crippen LogP contribution >= 0.6 is 11.6 Å². The Morgan fingerprint density at radius 3 is 2.21 bits per heavy atom. The summed E-state index contributed by atoms with van der Waals surface area (Å²) in [4.78, 5) is 97.6. The summed E-state index contributed by atoms with van der Waals surface area (Å²) < 4.78 is 5.70. The lowest BCUT2D eigenvalue weighted by atomic mass is 9.85. The summed E-state index contributed by atoms with van der Waals surface area (Å²) in [6.45, 7) is 19.3. The highest BCUT2D eigenvalue weighted by molar-refractivity contribution is 6.30. The molecule has 4 N–H and O–H groups in total. The summed E-state index contributed by atoms with van der Waals surface area (Å²) in [5, 5.41) is 10.7. The van der Waals surface area contributed by atoms with Crippen molar-refractivity contribution in [3.63, 3.8) is 0 Å². The number of piperidine rings is 2. The smallest absolute Gasteiger partial charge is 0.408 e. The molecule has 3 aromatic heterocycles. The van der Waals surface area contributed by atoms with Crippen LogP contribution in [0.2, 0.25) is 5.02 Å². The molecule has 9 rings (SSSR count). The fourth-order valence-electron chi connectivity index (χ4n) is 11.3. The van der Waals surface area contributed by atoms with E-state index in [0.29, 0.717) is 88.2 Å². The molecule has 0 aliphatic carbocycles. The van der Waals surface area contributed by atoms with Crippen LogP contribution in [0.15, 0.2) is 79.4 Å². The molecule has 4 fully saturated rings. The summed E-state index contributed by atoms with van der Waals surface area (Å²) in [7, 11) is 0. The largest absolute Gasteiger partial charge is 0.444 e. The lowest BCUT2D eigenvalue weighted by Crippen LogP contribution is -2.64. The van der Waals surface area contributed by atoms with Gasteiger partial charge in [0.2, 0.25) is 17.7 Å². The zero-order valence-corrected chi connectivity index (χ0v) is 46.6. The van der Waals surface area contributed by atoms with Crippen molar-refractivity contribution in [2.75, 3.05) is 108 Å². The number of anilines is 2. The lowest BCUT2D eigenvalue weighted by molar-refractivity contribution is -0.134. The molecule has 0 saturated carbocycles. The van der Waals surface area contributed by atoms with E-state index in [1.54, 1.807) is 27.0 Å². The monoisotopic (exact) mass is 1090 g/mol. The van der Waals surface area contributed by atoms with Crippen LogP contribution in [0, 0.1) is 5.92 Å². The van der Waals surface area contributed by atoms with E-state index < -0.39 is 17.2 Å². The first-order chi connectivity index (χ1) is 37.5. The molecule has 0 unspecified atom stereocenters. The van der Waals surface area contributed by atoms with E-state index in [1.807, 2.05) is 64.5 Å². The number of aromatic nitrogens is 4. The predicted octanol–water partition coefficient (Wildman–Crippen LogP) is 6.62. The number of halogens is 1. The van der Waals surface area contributed by atoms with E-state index in [1.165, 1.54) is 18.8 Å². The predicted molar refractivity (Wildman–Crippen MR) is 302 cm³/mol. The van der Waals surface area contributed by atoms with Crippen LogP contribution in [0.3, 0.4) is 0 Å². The van der Waals surface area contributed by atoms with Crippen LogP contribution in [0.4, 0.5) is 16.3 Å². The molecule has 4 saturated heterocycles. The maximum absolute atomic E-state index is 14.7. The number of carbonyl (C=O) groups excluding carboxylic acids is 5. The molecule has 19 nitrogen and oxygen atoms in total. The normalized spacial score (nSPS) is 18.4. The average molecular weight is 1090 g/mol. The average Bonchev–Trinajstić information content (AvgIpc) is 3.95. The van der Waals surface area contributed by atoms with Crippen molar-refractivity contribution >= 4 is 63.9 Å². The van der Waals surface area contributed by atoms with Crippen LogP contribution < -0.4 is 20.9 Å². The second kappa shape index (κ2) is 25.0. The number of piperazine rings is 2. The molecule has 4 aliphatic heterocycles. The fourth-order valence-corrected chi connectivity index (χ4v) is 11.4. The second-order valence-corrected chi connectivity index (χ2v) is 22.8. The number of nitrogens with zero attached hydrogens (tertiary/aromatic N) is 9. The number of H-pyrrole nitrogens is 1. The summed E-state index contributed by atoms with van der Waals surface area (Å²) in [5.41, 5.74) is 3.37. The summed E-state index contributed by atoms with van der Waals surface area (Å²) >= 11 is 6.34. The second-order valence-electron chi connectivity index (χ2n) is 22.4. The Morgan fingerprint density at radius 2 is 1.51 bits per heavy atom. The molecule has 5 aromatic rings. The van der Waals surface area contributed by atoms with Crippen molar-refractivity contribution in [3.8, 4) is 11.1 Å². The van der Waals surface area contributed by atoms with Crippen molar-refractivity contribution in [2.24, 2.45) is 5.92 Å². The molecule has 7 heterocycles. The number of hydrogen-bond acceptors (Lipinski definition) is 13. The number of rotatable bonds is 16. The van der Waals surface area contributed by atoms with E-state index in [2.05, 4.69) is 74.5 Å². The van der Waals surface area contributed by atoms with Crippen molar-refractivity contribution in [2.45, 2.75) is 90.3 Å². The van der Waals surface area contributed by atoms with Gasteiger partial charge in [-0.25, -0.2) is 19.7 Å². The number of fused-ring (bicyclic) bond motifs is 1. The highest BCUT2D eigenvalue weighted by atomic mass is 35.5. The highest BCUT2D eigenvalue weighted by Crippen LogP contribution is 2.32. The number of alkyl carbamates (subject to hydrolysis) is 1. The molecule has 0 spiro atoms. The van der Waals surface area contributed by atoms with Gasteiger partial charge in [-0.15, -0.1) is 0 Å². The number of carbonyl (C=O) groups is 5. The molecule has 5 amide bonds. The molecule has 416 valence electrons. The van der Waals surface area contributed by atoms with Crippen molar-refractivity contribution < 1.29 is 28.7 Å². The fraction of sp³-hybridized carbons (Fsp3) is 0.517. The molecule has 78 heavy (non-hydrogen) atoms. The third-order valence-corrected chi connectivity index (χ3v) is 16.0. The van der Waals surface area contributed by atoms with Gasteiger partial charge < -0.3 is 45.3 Å². The number of aromatic amines is 1. The molecule has 0 bridgehead atoms. The van der Waals surface area contributed by atoms with Crippen molar-refractivity contribution in [1.82, 2.24) is 55.1 Å². The van der Waals surface area contributed by atoms with Crippen LogP contribution in [-0.2, 0) is 25.5 Å². The van der Waals surface area contributed by atoms with Gasteiger partial charge in [-0.3, -0.25) is 29.0 Å². The topological polar surface area (TPSA) is 205 Å². The van der Waals surface area contributed by atoms with Gasteiger partial charge in [-0.1, -0.05) is 54.9 Å². The van der Waals surface area contributed by atoms with Crippen LogP contribution in [0.1, 0.15) is 94.4 Å². The van der Waals surface area contributed by atoms with E-state index in [-0.39, 0.29) is 35.4 Å². The SMILES string of the molecule is CCc1cccc(-c2cnc(C(=O)N3CCC(CN4CCN(CC(=O)N5CCN(CC[C@H](NC(=O)C6(NC(=O)OC(C)(C)C)CCN(c7ncnc8[nH]ccc78)CC6)c6ccc(Cl)cc6)CC5)CC4)CC3)c(NC(C)=O)c2)c1. The number of pyridine rings is 1. The Bertz CT molecular complexity index is 2900. The van der Waals surface area contributed by atoms with Gasteiger partial charge in [0.05, 0.1) is 23.7 Å². The van der Waals surface area contributed by atoms with Gasteiger partial charge in [0.15, 0.2) is 5.69 Å². The minimum absolute atomic E-state index is 0.147. The number of benzene rings is 2. The number of ether oxygens (including phenoxy) is 1. The van der Waals surface area contributed by atoms with Gasteiger partial charge in [0, 0.05) is 122 Å². The Kier molecular flexibility index (Phi) is 18.0. The minimum atomic E-state index is -1.24. The van der Waals surface area contributed by atoms with Gasteiger partial charge in [0.25, 0.3) is 5.91 Å². The third kappa shape index (κ3) is 14.1. The van der Waals surface area contributed by atoms with Crippen molar-refractivity contribution in [1.29, 1.82) is 0 Å². The number of aryl methyl sites for hydroxylation is 1. The quantitative estimate of drug-likeness (QED) is 0.0822. The van der Waals surface area contributed by atoms with Gasteiger partial charge >= 0.3 is 6.09 Å². The number of nitrogens with one attached hydrogen (secondary N) is 4. The van der Waals surface area contributed by atoms with Gasteiger partial charge in [-0.2, -0.15) is 0 Å². The minimum Gasteiger partial charge on any atom is -0.444 e. The lowest BCUT2D eigenvalue weighted by Gasteiger charge is -2.42. The van der Waals surface area contributed by atoms with E-state index in [4.69, 9.17) is 16.3 Å². The molecular formula is C58H76ClN13O6. The molecule has 1 atom stereocenters. The summed E-state index contributed by atoms with van der Waals surface area (Å²) in [6, 6.07) is 19.1. The first-order valence-electron chi connectivity index (χ1n) is 27.7. The molecule has 0 radical (unpaired) electrons. The molecule has 4 aliphatic rings. The molecule has 20 heteroatoms. The van der Waals surface area contributed by atoms with Gasteiger partial charge in [-0.05, 0) is 106 Å². The Morgan fingerprint density at radius 1 is 0.808 bits per heavy atom. The summed E-state index contributed by atoms with van der Waals surface area (Å²) in [6.07, 6.45) is 8.38. The highest BCUT2D eigenvalue weighted by Gasteiger charge is 2.45. The molecule has 2 aromatic carbocycles. The number of hydrogen-bond donors (Lipinski definition) is 4. The zero-order valence-electron chi connectivity index (χ0n) is 45.9. The molecular weight excluding hydrogens is 1010 g/mol. The first-order valence-corrected chi connectivity index (χ1v) is 28.1. The Balaban J connectivity index is 0.726. The Labute approximate surface area is 462 Å².